The van der Waals surface area contributed by atoms with E-state index in [0.717, 1.165) is 12.1 Å². The maximum absolute atomic E-state index is 5.94. The Hall–Kier alpha value is 0.814. The van der Waals surface area contributed by atoms with Gasteiger partial charge in [-0.1, -0.05) is 38.1 Å². The van der Waals surface area contributed by atoms with Crippen LogP contribution in [0.5, 0.6) is 0 Å². The molecule has 0 N–H and O–H groups in total. The summed E-state index contributed by atoms with van der Waals surface area (Å²) in [7, 11) is -3.07. The molecule has 1 aromatic carbocycles. The van der Waals surface area contributed by atoms with E-state index in [2.05, 4.69) is 38.1 Å². The first-order valence-electron chi connectivity index (χ1n) is 6.06. The molecule has 102 valence electrons. The van der Waals surface area contributed by atoms with E-state index in [1.807, 2.05) is 0 Å². The van der Waals surface area contributed by atoms with E-state index < -0.39 is 14.8 Å². The van der Waals surface area contributed by atoms with Crippen LogP contribution in [0.15, 0.2) is 24.3 Å². The highest BCUT2D eigenvalue weighted by Gasteiger charge is 2.14. The van der Waals surface area contributed by atoms with Gasteiger partial charge < -0.3 is 0 Å². The maximum Gasteiger partial charge on any atom is 0.237 e. The Kier molecular flexibility index (Phi) is 7.66. The van der Waals surface area contributed by atoms with Crippen LogP contribution in [0.1, 0.15) is 36.8 Å². The van der Waals surface area contributed by atoms with Crippen molar-refractivity contribution >= 4 is 59.1 Å². The number of benzene rings is 1. The summed E-state index contributed by atoms with van der Waals surface area (Å²) in [5.41, 5.74) is 2.60. The SMILES string of the molecule is CC(C[SiH](Cl)Cl)c1ccc(C(C)C[SiH](Cl)Cl)cc1. The Bertz CT molecular complexity index is 319. The smallest absolute Gasteiger partial charge is 0.150 e. The summed E-state index contributed by atoms with van der Waals surface area (Å²) in [6.07, 6.45) is 0. The second-order valence-corrected chi connectivity index (χ2v) is 14.9. The molecule has 0 heterocycles. The molecule has 1 rings (SSSR count). The van der Waals surface area contributed by atoms with E-state index in [4.69, 9.17) is 44.3 Å². The topological polar surface area (TPSA) is 0 Å². The molecule has 1 aromatic rings. The summed E-state index contributed by atoms with van der Waals surface area (Å²) in [6, 6.07) is 10.5. The molecule has 0 aromatic heterocycles. The van der Waals surface area contributed by atoms with Crippen LogP contribution in [0.25, 0.3) is 0 Å². The molecule has 2 unspecified atom stereocenters. The van der Waals surface area contributed by atoms with E-state index in [1.165, 1.54) is 11.1 Å². The summed E-state index contributed by atoms with van der Waals surface area (Å²) in [6.45, 7) is 4.34. The number of hydrogen-bond acceptors (Lipinski definition) is 0. The van der Waals surface area contributed by atoms with Gasteiger partial charge in [0, 0.05) is 0 Å². The molecule has 0 saturated carbocycles. The Morgan fingerprint density at radius 2 is 1.06 bits per heavy atom. The van der Waals surface area contributed by atoms with Crippen molar-refractivity contribution in [3.8, 4) is 0 Å². The van der Waals surface area contributed by atoms with E-state index in [-0.39, 0.29) is 0 Å². The first kappa shape index (κ1) is 16.9. The average molecular weight is 360 g/mol. The van der Waals surface area contributed by atoms with Crippen molar-refractivity contribution in [1.29, 1.82) is 0 Å². The summed E-state index contributed by atoms with van der Waals surface area (Å²) >= 11 is 23.8. The van der Waals surface area contributed by atoms with Gasteiger partial charge in [0.05, 0.1) is 0 Å². The molecule has 0 fully saturated rings. The molecule has 6 heteroatoms. The lowest BCUT2D eigenvalue weighted by Gasteiger charge is -2.15. The fourth-order valence-corrected chi connectivity index (χ4v) is 6.78. The van der Waals surface area contributed by atoms with Crippen molar-refractivity contribution in [2.45, 2.75) is 37.8 Å². The fourth-order valence-electron chi connectivity index (χ4n) is 1.96. The van der Waals surface area contributed by atoms with Gasteiger partial charge in [-0.2, -0.15) is 44.3 Å². The highest BCUT2D eigenvalue weighted by Crippen LogP contribution is 2.28. The van der Waals surface area contributed by atoms with E-state index >= 15 is 0 Å². The lowest BCUT2D eigenvalue weighted by atomic mass is 9.97. The summed E-state index contributed by atoms with van der Waals surface area (Å²) in [5.74, 6) is 0.869. The molecule has 18 heavy (non-hydrogen) atoms. The third-order valence-electron chi connectivity index (χ3n) is 3.14. The minimum Gasteiger partial charge on any atom is -0.150 e. The lowest BCUT2D eigenvalue weighted by molar-refractivity contribution is 0.839. The molecule has 0 spiro atoms. The summed E-state index contributed by atoms with van der Waals surface area (Å²) in [5, 5.41) is 0. The Morgan fingerprint density at radius 3 is 1.28 bits per heavy atom. The molecule has 0 amide bonds. The van der Waals surface area contributed by atoms with Crippen LogP contribution >= 0.6 is 44.3 Å². The lowest BCUT2D eigenvalue weighted by Crippen LogP contribution is -2.03. The van der Waals surface area contributed by atoms with Crippen molar-refractivity contribution < 1.29 is 0 Å². The van der Waals surface area contributed by atoms with Gasteiger partial charge in [0.15, 0.2) is 0 Å². The van der Waals surface area contributed by atoms with Crippen molar-refractivity contribution in [1.82, 2.24) is 0 Å². The van der Waals surface area contributed by atoms with E-state index in [0.29, 0.717) is 11.8 Å². The quantitative estimate of drug-likeness (QED) is 0.478. The minimum atomic E-state index is -1.53. The highest BCUT2D eigenvalue weighted by molar-refractivity contribution is 7.34. The van der Waals surface area contributed by atoms with Crippen molar-refractivity contribution in [3.05, 3.63) is 35.4 Å². The predicted molar refractivity (Wildman–Crippen MR) is 90.6 cm³/mol. The van der Waals surface area contributed by atoms with Gasteiger partial charge in [-0.25, -0.2) is 0 Å². The van der Waals surface area contributed by atoms with E-state index in [1.54, 1.807) is 0 Å². The molecule has 0 aliphatic heterocycles. The van der Waals surface area contributed by atoms with Crippen molar-refractivity contribution in [2.75, 3.05) is 0 Å². The maximum atomic E-state index is 5.94. The van der Waals surface area contributed by atoms with Crippen LogP contribution in [0.2, 0.25) is 12.1 Å². The van der Waals surface area contributed by atoms with Crippen LogP contribution in [0, 0.1) is 0 Å². The molecular weight excluding hydrogens is 342 g/mol. The number of rotatable bonds is 6. The summed E-state index contributed by atoms with van der Waals surface area (Å²) in [4.78, 5) is 0. The van der Waals surface area contributed by atoms with Crippen LogP contribution in [0.3, 0.4) is 0 Å². The zero-order chi connectivity index (χ0) is 13.7. The van der Waals surface area contributed by atoms with Crippen LogP contribution in [0.4, 0.5) is 0 Å². The Labute approximate surface area is 132 Å². The molecule has 0 radical (unpaired) electrons. The first-order valence-corrected chi connectivity index (χ1v) is 14.7. The fraction of sp³-hybridized carbons (Fsp3) is 0.500. The molecule has 0 aliphatic carbocycles. The standard InChI is InChI=1S/C12H18Cl4Si2/c1-9(7-17(13)14)11-3-5-12(6-4-11)10(2)8-18(15)16/h3-6,9-10,17-18H,7-8H2,1-2H3. The van der Waals surface area contributed by atoms with Crippen molar-refractivity contribution in [2.24, 2.45) is 0 Å². The van der Waals surface area contributed by atoms with Crippen LogP contribution < -0.4 is 0 Å². The molecule has 0 nitrogen and oxygen atoms in total. The van der Waals surface area contributed by atoms with Gasteiger partial charge >= 0.3 is 0 Å². The Balaban J connectivity index is 2.67. The number of hydrogen-bond donors (Lipinski definition) is 0. The van der Waals surface area contributed by atoms with Crippen molar-refractivity contribution in [3.63, 3.8) is 0 Å². The van der Waals surface area contributed by atoms with Gasteiger partial charge in [0.25, 0.3) is 0 Å². The number of halogens is 4. The van der Waals surface area contributed by atoms with Crippen LogP contribution in [-0.4, -0.2) is 14.8 Å². The predicted octanol–water partition coefficient (Wildman–Crippen LogP) is 5.29. The average Bonchev–Trinajstić information content (AvgIpc) is 2.27. The molecule has 0 saturated heterocycles. The normalized spacial score (nSPS) is 15.1. The van der Waals surface area contributed by atoms with Crippen LogP contribution in [-0.2, 0) is 0 Å². The zero-order valence-corrected chi connectivity index (χ0v) is 15.9. The second-order valence-electron chi connectivity index (χ2n) is 4.72. The molecule has 0 aliphatic rings. The molecule has 2 atom stereocenters. The highest BCUT2D eigenvalue weighted by atomic mass is 35.7. The second kappa shape index (κ2) is 8.18. The minimum absolute atomic E-state index is 0.434. The zero-order valence-electron chi connectivity index (χ0n) is 10.5. The molecule has 0 bridgehead atoms. The van der Waals surface area contributed by atoms with Gasteiger partial charge in [-0.3, -0.25) is 0 Å². The van der Waals surface area contributed by atoms with Gasteiger partial charge in [-0.05, 0) is 35.1 Å². The first-order chi connectivity index (χ1) is 8.40. The van der Waals surface area contributed by atoms with Gasteiger partial charge in [-0.15, -0.1) is 0 Å². The largest absolute Gasteiger partial charge is 0.237 e. The molecular formula is C12H18Cl4Si2. The van der Waals surface area contributed by atoms with Gasteiger partial charge in [0.1, 0.15) is 0 Å². The third kappa shape index (κ3) is 5.85. The third-order valence-corrected chi connectivity index (χ3v) is 7.40. The monoisotopic (exact) mass is 358 g/mol. The summed E-state index contributed by atoms with van der Waals surface area (Å²) < 4.78 is 0. The Morgan fingerprint density at radius 1 is 0.778 bits per heavy atom. The van der Waals surface area contributed by atoms with E-state index in [9.17, 15) is 0 Å². The van der Waals surface area contributed by atoms with Gasteiger partial charge in [0.2, 0.25) is 14.8 Å².